The maximum atomic E-state index is 12.3. The predicted octanol–water partition coefficient (Wildman–Crippen LogP) is 3.67. The number of hydrogen-bond donors (Lipinski definition) is 0. The standard InChI is InChI=1S/C17H24O4/c1-6-20-12-8-9-13(15(10-12)21-7-2)14(18)11-16(19)17(3,4)5/h8-10H,6-7,11H2,1-5H3. The lowest BCUT2D eigenvalue weighted by molar-refractivity contribution is -0.125. The highest BCUT2D eigenvalue weighted by Gasteiger charge is 2.25. The second kappa shape index (κ2) is 7.25. The molecule has 0 aliphatic rings. The van der Waals surface area contributed by atoms with E-state index in [1.54, 1.807) is 18.2 Å². The first-order valence-electron chi connectivity index (χ1n) is 7.25. The Morgan fingerprint density at radius 3 is 2.19 bits per heavy atom. The van der Waals surface area contributed by atoms with Gasteiger partial charge in [-0.25, -0.2) is 0 Å². The van der Waals surface area contributed by atoms with Crippen molar-refractivity contribution in [3.8, 4) is 11.5 Å². The number of hydrogen-bond acceptors (Lipinski definition) is 4. The molecule has 0 N–H and O–H groups in total. The molecule has 0 bridgehead atoms. The molecule has 0 saturated heterocycles. The fraction of sp³-hybridized carbons (Fsp3) is 0.529. The molecule has 0 saturated carbocycles. The Hall–Kier alpha value is -1.84. The zero-order valence-corrected chi connectivity index (χ0v) is 13.5. The molecule has 116 valence electrons. The van der Waals surface area contributed by atoms with E-state index in [0.717, 1.165) is 0 Å². The molecular weight excluding hydrogens is 268 g/mol. The molecule has 0 heterocycles. The van der Waals surface area contributed by atoms with Crippen LogP contribution in [0.15, 0.2) is 18.2 Å². The summed E-state index contributed by atoms with van der Waals surface area (Å²) in [6.07, 6.45) is -0.114. The van der Waals surface area contributed by atoms with Gasteiger partial charge >= 0.3 is 0 Å². The number of Topliss-reactive ketones (excluding diaryl/α,β-unsaturated/α-hetero) is 2. The molecule has 0 unspecified atom stereocenters. The molecule has 4 nitrogen and oxygen atoms in total. The highest BCUT2D eigenvalue weighted by Crippen LogP contribution is 2.27. The van der Waals surface area contributed by atoms with Crippen LogP contribution in [0.3, 0.4) is 0 Å². The van der Waals surface area contributed by atoms with Gasteiger partial charge in [-0.3, -0.25) is 9.59 Å². The largest absolute Gasteiger partial charge is 0.494 e. The molecule has 0 aliphatic carbocycles. The van der Waals surface area contributed by atoms with Gasteiger partial charge in [0, 0.05) is 11.5 Å². The predicted molar refractivity (Wildman–Crippen MR) is 82.2 cm³/mol. The van der Waals surface area contributed by atoms with E-state index >= 15 is 0 Å². The summed E-state index contributed by atoms with van der Waals surface area (Å²) in [6, 6.07) is 5.08. The zero-order chi connectivity index (χ0) is 16.0. The normalized spacial score (nSPS) is 11.1. The molecule has 0 atom stereocenters. The Kier molecular flexibility index (Phi) is 5.94. The molecular formula is C17H24O4. The van der Waals surface area contributed by atoms with Crippen molar-refractivity contribution in [2.24, 2.45) is 5.41 Å². The average molecular weight is 292 g/mol. The van der Waals surface area contributed by atoms with Crippen molar-refractivity contribution >= 4 is 11.6 Å². The van der Waals surface area contributed by atoms with Crippen LogP contribution in [0.5, 0.6) is 11.5 Å². The molecule has 1 aromatic carbocycles. The third-order valence-corrected chi connectivity index (χ3v) is 3.02. The van der Waals surface area contributed by atoms with Gasteiger partial charge < -0.3 is 9.47 Å². The van der Waals surface area contributed by atoms with Gasteiger partial charge in [0.15, 0.2) is 5.78 Å². The number of ether oxygens (including phenoxy) is 2. The number of carbonyl (C=O) groups is 2. The van der Waals surface area contributed by atoms with E-state index in [1.165, 1.54) is 0 Å². The van der Waals surface area contributed by atoms with Crippen LogP contribution in [0.2, 0.25) is 0 Å². The van der Waals surface area contributed by atoms with Crippen LogP contribution in [0, 0.1) is 5.41 Å². The quantitative estimate of drug-likeness (QED) is 0.568. The highest BCUT2D eigenvalue weighted by molar-refractivity contribution is 6.10. The van der Waals surface area contributed by atoms with Crippen LogP contribution in [-0.2, 0) is 4.79 Å². The molecule has 0 fully saturated rings. The van der Waals surface area contributed by atoms with Crippen molar-refractivity contribution in [3.63, 3.8) is 0 Å². The third-order valence-electron chi connectivity index (χ3n) is 3.02. The van der Waals surface area contributed by atoms with Gasteiger partial charge in [0.25, 0.3) is 0 Å². The summed E-state index contributed by atoms with van der Waals surface area (Å²) >= 11 is 0. The Morgan fingerprint density at radius 2 is 1.67 bits per heavy atom. The van der Waals surface area contributed by atoms with E-state index in [-0.39, 0.29) is 18.0 Å². The van der Waals surface area contributed by atoms with Gasteiger partial charge in [-0.1, -0.05) is 20.8 Å². The van der Waals surface area contributed by atoms with Crippen LogP contribution in [0.1, 0.15) is 51.4 Å². The van der Waals surface area contributed by atoms with Crippen LogP contribution >= 0.6 is 0 Å². The maximum Gasteiger partial charge on any atom is 0.173 e. The van der Waals surface area contributed by atoms with Crippen LogP contribution in [0.4, 0.5) is 0 Å². The highest BCUT2D eigenvalue weighted by atomic mass is 16.5. The van der Waals surface area contributed by atoms with Crippen LogP contribution < -0.4 is 9.47 Å². The number of carbonyl (C=O) groups excluding carboxylic acids is 2. The Labute approximate surface area is 126 Å². The van der Waals surface area contributed by atoms with Crippen molar-refractivity contribution in [1.29, 1.82) is 0 Å². The fourth-order valence-electron chi connectivity index (χ4n) is 1.77. The van der Waals surface area contributed by atoms with Crippen molar-refractivity contribution in [3.05, 3.63) is 23.8 Å². The van der Waals surface area contributed by atoms with E-state index in [1.807, 2.05) is 34.6 Å². The molecule has 1 rings (SSSR count). The average Bonchev–Trinajstić information content (AvgIpc) is 2.38. The summed E-state index contributed by atoms with van der Waals surface area (Å²) in [7, 11) is 0. The minimum atomic E-state index is -0.521. The number of benzene rings is 1. The van der Waals surface area contributed by atoms with Crippen molar-refractivity contribution in [2.75, 3.05) is 13.2 Å². The monoisotopic (exact) mass is 292 g/mol. The molecule has 0 amide bonds. The van der Waals surface area contributed by atoms with E-state index < -0.39 is 5.41 Å². The van der Waals surface area contributed by atoms with E-state index in [9.17, 15) is 9.59 Å². The van der Waals surface area contributed by atoms with E-state index in [2.05, 4.69) is 0 Å². The first-order chi connectivity index (χ1) is 9.79. The zero-order valence-electron chi connectivity index (χ0n) is 13.5. The summed E-state index contributed by atoms with van der Waals surface area (Å²) in [5.41, 5.74) is -0.0925. The van der Waals surface area contributed by atoms with Gasteiger partial charge in [-0.15, -0.1) is 0 Å². The van der Waals surface area contributed by atoms with E-state index in [4.69, 9.17) is 9.47 Å². The van der Waals surface area contributed by atoms with Crippen LogP contribution in [-0.4, -0.2) is 24.8 Å². The molecule has 0 radical (unpaired) electrons. The SMILES string of the molecule is CCOc1ccc(C(=O)CC(=O)C(C)(C)C)c(OCC)c1. The molecule has 0 aliphatic heterocycles. The summed E-state index contributed by atoms with van der Waals surface area (Å²) in [6.45, 7) is 10.2. The van der Waals surface area contributed by atoms with Crippen molar-refractivity contribution in [2.45, 2.75) is 41.0 Å². The van der Waals surface area contributed by atoms with Gasteiger partial charge in [-0.05, 0) is 26.0 Å². The second-order valence-corrected chi connectivity index (χ2v) is 5.80. The molecule has 0 aromatic heterocycles. The summed E-state index contributed by atoms with van der Waals surface area (Å²) in [5, 5.41) is 0. The Balaban J connectivity index is 3.00. The minimum Gasteiger partial charge on any atom is -0.494 e. The lowest BCUT2D eigenvalue weighted by Crippen LogP contribution is -2.23. The molecule has 4 heteroatoms. The van der Waals surface area contributed by atoms with Crippen molar-refractivity contribution < 1.29 is 19.1 Å². The molecule has 0 spiro atoms. The number of ketones is 2. The lowest BCUT2D eigenvalue weighted by Gasteiger charge is -2.17. The first-order valence-corrected chi connectivity index (χ1v) is 7.25. The topological polar surface area (TPSA) is 52.6 Å². The Bertz CT molecular complexity index is 512. The van der Waals surface area contributed by atoms with E-state index in [0.29, 0.717) is 30.3 Å². The smallest absolute Gasteiger partial charge is 0.173 e. The van der Waals surface area contributed by atoms with Gasteiger partial charge in [0.05, 0.1) is 25.2 Å². The Morgan fingerprint density at radius 1 is 1.05 bits per heavy atom. The third kappa shape index (κ3) is 4.88. The van der Waals surface area contributed by atoms with Crippen molar-refractivity contribution in [1.82, 2.24) is 0 Å². The van der Waals surface area contributed by atoms with Gasteiger partial charge in [-0.2, -0.15) is 0 Å². The van der Waals surface area contributed by atoms with Gasteiger partial charge in [0.1, 0.15) is 17.3 Å². The second-order valence-electron chi connectivity index (χ2n) is 5.80. The lowest BCUT2D eigenvalue weighted by atomic mass is 9.87. The molecule has 21 heavy (non-hydrogen) atoms. The fourth-order valence-corrected chi connectivity index (χ4v) is 1.77. The first kappa shape index (κ1) is 17.2. The summed E-state index contributed by atoms with van der Waals surface area (Å²) in [5.74, 6) is 0.820. The summed E-state index contributed by atoms with van der Waals surface area (Å²) in [4.78, 5) is 24.3. The maximum absolute atomic E-state index is 12.3. The van der Waals surface area contributed by atoms with Gasteiger partial charge in [0.2, 0.25) is 0 Å². The number of rotatable bonds is 7. The van der Waals surface area contributed by atoms with Crippen LogP contribution in [0.25, 0.3) is 0 Å². The summed E-state index contributed by atoms with van der Waals surface area (Å²) < 4.78 is 10.9. The molecule has 1 aromatic rings. The minimum absolute atomic E-state index is 0.0798.